The molecule has 172 valence electrons. The second kappa shape index (κ2) is 9.94. The van der Waals surface area contributed by atoms with Crippen molar-refractivity contribution in [1.82, 2.24) is 0 Å². The molecule has 0 aliphatic carbocycles. The van der Waals surface area contributed by atoms with E-state index in [1.807, 2.05) is 19.1 Å². The normalized spacial score (nSPS) is 19.2. The minimum Gasteiger partial charge on any atom is -0.493 e. The summed E-state index contributed by atoms with van der Waals surface area (Å²) in [4.78, 5) is 12.5. The van der Waals surface area contributed by atoms with E-state index in [0.717, 1.165) is 0 Å². The Morgan fingerprint density at radius 3 is 2.42 bits per heavy atom. The molecule has 0 saturated carbocycles. The summed E-state index contributed by atoms with van der Waals surface area (Å²) in [6, 6.07) is 19.1. The fraction of sp³-hybridized carbons (Fsp3) is 0.269. The molecule has 0 amide bonds. The Balaban J connectivity index is 1.66. The number of fused-ring (bicyclic) bond motifs is 1. The molecule has 0 saturated heterocycles. The van der Waals surface area contributed by atoms with Crippen LogP contribution in [0.3, 0.4) is 0 Å². The molecule has 1 N–H and O–H groups in total. The van der Waals surface area contributed by atoms with E-state index in [1.165, 1.54) is 0 Å². The smallest absolute Gasteiger partial charge is 0.343 e. The molecular weight excluding hydrogens is 424 g/mol. The van der Waals surface area contributed by atoms with Gasteiger partial charge in [-0.25, -0.2) is 4.79 Å². The first kappa shape index (κ1) is 22.6. The Kier molecular flexibility index (Phi) is 6.82. The van der Waals surface area contributed by atoms with E-state index in [-0.39, 0.29) is 0 Å². The zero-order valence-corrected chi connectivity index (χ0v) is 18.7. The van der Waals surface area contributed by atoms with E-state index in [4.69, 9.17) is 23.7 Å². The van der Waals surface area contributed by atoms with Crippen LogP contribution in [0.1, 0.15) is 40.6 Å². The Morgan fingerprint density at radius 1 is 0.970 bits per heavy atom. The molecule has 7 heteroatoms. The molecule has 1 aliphatic heterocycles. The standard InChI is InChI=1S/C26H26O7/c1-4-31-25-19-12-11-18(32-26(28)16-8-6-5-7-9-16)15-21(19)33-24(23(25)27)17-10-13-20(29-2)22(14-17)30-3/h5-15,23-25,27H,4H2,1-3H3/t23-,24-,25+/m1/s1. The van der Waals surface area contributed by atoms with Gasteiger partial charge in [0.2, 0.25) is 0 Å². The number of aliphatic hydroxyl groups excluding tert-OH is 1. The largest absolute Gasteiger partial charge is 0.493 e. The van der Waals surface area contributed by atoms with Gasteiger partial charge < -0.3 is 28.8 Å². The number of hydrogen-bond acceptors (Lipinski definition) is 7. The summed E-state index contributed by atoms with van der Waals surface area (Å²) in [5, 5.41) is 11.1. The predicted molar refractivity (Wildman–Crippen MR) is 121 cm³/mol. The van der Waals surface area contributed by atoms with Crippen molar-refractivity contribution in [3.63, 3.8) is 0 Å². The molecular formula is C26H26O7. The zero-order chi connectivity index (χ0) is 23.4. The zero-order valence-electron chi connectivity index (χ0n) is 18.7. The molecule has 0 aromatic heterocycles. The number of benzene rings is 3. The van der Waals surface area contributed by atoms with Crippen molar-refractivity contribution in [2.45, 2.75) is 25.2 Å². The van der Waals surface area contributed by atoms with Crippen LogP contribution in [-0.4, -0.2) is 38.0 Å². The SMILES string of the molecule is CCO[C@H]1c2ccc(OC(=O)c3ccccc3)cc2O[C@H](c2ccc(OC)c(OC)c2)[C@H]1O. The third-order valence-corrected chi connectivity index (χ3v) is 5.47. The molecule has 0 radical (unpaired) electrons. The highest BCUT2D eigenvalue weighted by atomic mass is 16.5. The van der Waals surface area contributed by atoms with E-state index in [2.05, 4.69) is 0 Å². The first-order valence-electron chi connectivity index (χ1n) is 10.6. The summed E-state index contributed by atoms with van der Waals surface area (Å²) < 4.78 is 28.3. The molecule has 1 heterocycles. The van der Waals surface area contributed by atoms with Gasteiger partial charge in [-0.15, -0.1) is 0 Å². The fourth-order valence-corrected chi connectivity index (χ4v) is 3.87. The van der Waals surface area contributed by atoms with Crippen molar-refractivity contribution >= 4 is 5.97 Å². The van der Waals surface area contributed by atoms with Gasteiger partial charge in [0.05, 0.1) is 19.8 Å². The molecule has 4 rings (SSSR count). The summed E-state index contributed by atoms with van der Waals surface area (Å²) in [5.74, 6) is 1.43. The van der Waals surface area contributed by atoms with Crippen LogP contribution >= 0.6 is 0 Å². The summed E-state index contributed by atoms with van der Waals surface area (Å²) in [7, 11) is 3.11. The van der Waals surface area contributed by atoms with Crippen LogP contribution in [0.2, 0.25) is 0 Å². The van der Waals surface area contributed by atoms with Crippen LogP contribution in [0.4, 0.5) is 0 Å². The maximum Gasteiger partial charge on any atom is 0.343 e. The fourth-order valence-electron chi connectivity index (χ4n) is 3.87. The maximum atomic E-state index is 12.5. The van der Waals surface area contributed by atoms with Crippen LogP contribution < -0.4 is 18.9 Å². The molecule has 0 spiro atoms. The van der Waals surface area contributed by atoms with Crippen molar-refractivity contribution in [2.24, 2.45) is 0 Å². The molecule has 33 heavy (non-hydrogen) atoms. The summed E-state index contributed by atoms with van der Waals surface area (Å²) in [5.41, 5.74) is 1.82. The van der Waals surface area contributed by atoms with E-state index in [0.29, 0.717) is 46.3 Å². The number of carbonyl (C=O) groups is 1. The van der Waals surface area contributed by atoms with Crippen molar-refractivity contribution < 1.29 is 33.6 Å². The molecule has 1 aliphatic rings. The van der Waals surface area contributed by atoms with Crippen LogP contribution in [0.25, 0.3) is 0 Å². The van der Waals surface area contributed by atoms with Gasteiger partial charge in [-0.1, -0.05) is 24.3 Å². The van der Waals surface area contributed by atoms with Crippen molar-refractivity contribution in [3.8, 4) is 23.0 Å². The predicted octanol–water partition coefficient (Wildman–Crippen LogP) is 4.50. The highest BCUT2D eigenvalue weighted by Gasteiger charge is 2.39. The number of aliphatic hydroxyl groups is 1. The lowest BCUT2D eigenvalue weighted by atomic mass is 9.91. The monoisotopic (exact) mass is 450 g/mol. The van der Waals surface area contributed by atoms with Gasteiger partial charge in [-0.2, -0.15) is 0 Å². The molecule has 0 fully saturated rings. The summed E-state index contributed by atoms with van der Waals surface area (Å²) in [6.07, 6.45) is -2.31. The van der Waals surface area contributed by atoms with E-state index >= 15 is 0 Å². The Hall–Kier alpha value is -3.55. The summed E-state index contributed by atoms with van der Waals surface area (Å²) in [6.45, 7) is 2.27. The molecule has 0 unspecified atom stereocenters. The van der Waals surface area contributed by atoms with E-state index in [1.54, 1.807) is 68.8 Å². The minimum atomic E-state index is -0.965. The van der Waals surface area contributed by atoms with Gasteiger partial charge in [0.1, 0.15) is 23.7 Å². The average molecular weight is 450 g/mol. The highest BCUT2D eigenvalue weighted by Crippen LogP contribution is 2.45. The van der Waals surface area contributed by atoms with Gasteiger partial charge in [0.25, 0.3) is 0 Å². The van der Waals surface area contributed by atoms with Crippen LogP contribution in [0, 0.1) is 0 Å². The van der Waals surface area contributed by atoms with Crippen LogP contribution in [0.15, 0.2) is 66.7 Å². The van der Waals surface area contributed by atoms with Crippen molar-refractivity contribution in [3.05, 3.63) is 83.4 Å². The second-order valence-electron chi connectivity index (χ2n) is 7.47. The lowest BCUT2D eigenvalue weighted by molar-refractivity contribution is -0.0991. The first-order chi connectivity index (χ1) is 16.0. The van der Waals surface area contributed by atoms with Crippen LogP contribution in [0.5, 0.6) is 23.0 Å². The number of rotatable bonds is 7. The Bertz CT molecular complexity index is 1110. The Labute approximate surface area is 192 Å². The maximum absolute atomic E-state index is 12.5. The molecule has 0 bridgehead atoms. The number of carbonyl (C=O) groups excluding carboxylic acids is 1. The van der Waals surface area contributed by atoms with E-state index < -0.39 is 24.3 Å². The topological polar surface area (TPSA) is 83.5 Å². The van der Waals surface area contributed by atoms with Crippen molar-refractivity contribution in [1.29, 1.82) is 0 Å². The molecule has 3 aromatic rings. The molecule has 7 nitrogen and oxygen atoms in total. The third-order valence-electron chi connectivity index (χ3n) is 5.47. The quantitative estimate of drug-likeness (QED) is 0.419. The van der Waals surface area contributed by atoms with Crippen LogP contribution in [-0.2, 0) is 4.74 Å². The average Bonchev–Trinajstić information content (AvgIpc) is 2.85. The first-order valence-corrected chi connectivity index (χ1v) is 10.6. The number of hydrogen-bond donors (Lipinski definition) is 1. The van der Waals surface area contributed by atoms with Gasteiger partial charge in [0.15, 0.2) is 17.6 Å². The van der Waals surface area contributed by atoms with Gasteiger partial charge in [-0.3, -0.25) is 0 Å². The molecule has 3 aromatic carbocycles. The summed E-state index contributed by atoms with van der Waals surface area (Å²) >= 11 is 0. The van der Waals surface area contributed by atoms with E-state index in [9.17, 15) is 9.90 Å². The third kappa shape index (κ3) is 4.65. The number of ether oxygens (including phenoxy) is 5. The lowest BCUT2D eigenvalue weighted by Crippen LogP contribution is -2.35. The van der Waals surface area contributed by atoms with Crippen molar-refractivity contribution in [2.75, 3.05) is 20.8 Å². The van der Waals surface area contributed by atoms with Gasteiger partial charge in [0, 0.05) is 18.2 Å². The minimum absolute atomic E-state index is 0.334. The second-order valence-corrected chi connectivity index (χ2v) is 7.47. The van der Waals surface area contributed by atoms with Gasteiger partial charge in [-0.05, 0) is 48.9 Å². The highest BCUT2D eigenvalue weighted by molar-refractivity contribution is 5.91. The number of methoxy groups -OCH3 is 2. The van der Waals surface area contributed by atoms with Gasteiger partial charge >= 0.3 is 5.97 Å². The lowest BCUT2D eigenvalue weighted by Gasteiger charge is -2.37. The molecule has 3 atom stereocenters. The Morgan fingerprint density at radius 2 is 1.73 bits per heavy atom. The number of esters is 1.